The van der Waals surface area contributed by atoms with Gasteiger partial charge in [-0.25, -0.2) is 29.0 Å². The van der Waals surface area contributed by atoms with Gasteiger partial charge in [-0.15, -0.1) is 0 Å². The molecule has 8 aliphatic rings. The predicted molar refractivity (Wildman–Crippen MR) is 529 cm³/mol. The van der Waals surface area contributed by atoms with Gasteiger partial charge < -0.3 is 49.9 Å². The topological polar surface area (TPSA) is 418 Å². The van der Waals surface area contributed by atoms with E-state index in [1.807, 2.05) is 52.3 Å². The molecule has 5 aromatic carbocycles. The number of aromatic amines is 5. The van der Waals surface area contributed by atoms with Crippen molar-refractivity contribution in [1.82, 2.24) is 91.3 Å². The van der Waals surface area contributed by atoms with Crippen LogP contribution in [0.15, 0.2) is 91.6 Å². The van der Waals surface area contributed by atoms with E-state index in [1.54, 1.807) is 66.1 Å². The molecule has 0 bridgehead atoms. The standard InChI is InChI=1S/C22H31ClN4O2.C22H33ClN4O2.C21H29ClN4O3.C20H29ClN4O4.C13H13ClN2O3S/c1-22(2,21(29)18-12-17(23)11-15-13-24-25-20(15)18)16-5-9-27(10-6-16)19(28)14-26-7-3-4-8-26;1-5-26(6-2)14-19(28)27-9-7-16(8-10-27)22(3,4)21(29)18-12-17(23)11-15-13-24-25-20(15)18;1-21(2,19(27)17-10-16(22)9-14-11-23-24-18(14)17)15-5-7-26(8-6-15)20(28)25-29-12-13-3-4-13;1-20(2,18(26)16-11-15(21)10-13-12-22-23-17(13)16)14-4-6-25(7-5-14)19(27)24-29-9-8-28-3;14-9-1-8-3-15-16-11(8)10(2-9)13(17)4-12(5-13)6-20(18,19)7-12/h11-13,16,21,29H,3-10,14H2,1-2H3,(H,24,25);11-13,16,21,29H,5-10,14H2,1-4H3,(H,24,25);9-11,13,15,19,27H,3-8,12H2,1-2H3,(H,23,24)(H,25,28);10-12,14,18,26H,4-9H2,1-3H3,(H,22,23)(H,24,27);1-3,17H,4-7H2,(H,15,16)/t2*21-;19-;18-;/m1111./s1. The summed E-state index contributed by atoms with van der Waals surface area (Å²) in [6.07, 6.45) is 18.3. The van der Waals surface area contributed by atoms with Crippen LogP contribution in [0.3, 0.4) is 0 Å². The summed E-state index contributed by atoms with van der Waals surface area (Å²) in [4.78, 5) is 72.0. The van der Waals surface area contributed by atoms with E-state index in [1.165, 1.54) is 25.7 Å². The van der Waals surface area contributed by atoms with Gasteiger partial charge in [0, 0.05) is 145 Å². The summed E-state index contributed by atoms with van der Waals surface area (Å²) in [5.74, 6) is 2.59. The van der Waals surface area contributed by atoms with Gasteiger partial charge in [0.2, 0.25) is 11.8 Å². The van der Waals surface area contributed by atoms with Gasteiger partial charge in [-0.1, -0.05) is 127 Å². The number of amides is 6. The van der Waals surface area contributed by atoms with E-state index < -0.39 is 45.3 Å². The first kappa shape index (κ1) is 104. The van der Waals surface area contributed by atoms with Crippen LogP contribution in [0.4, 0.5) is 9.59 Å². The average molecular weight is 2000 g/mol. The van der Waals surface area contributed by atoms with Crippen molar-refractivity contribution in [1.29, 1.82) is 0 Å². The van der Waals surface area contributed by atoms with Crippen molar-refractivity contribution in [3.8, 4) is 0 Å². The molecule has 12 N–H and O–H groups in total. The molecule has 6 saturated heterocycles. The molecule has 32 nitrogen and oxygen atoms in total. The molecule has 2 saturated carbocycles. The quantitative estimate of drug-likeness (QED) is 0.0177. The van der Waals surface area contributed by atoms with Gasteiger partial charge >= 0.3 is 12.1 Å². The monoisotopic (exact) mass is 1990 g/mol. The second-order valence-electron chi connectivity index (χ2n) is 41.1. The molecular formula is C98H135Cl5N18O14S. The number of carbonyl (C=O) groups is 4. The third-order valence-corrected chi connectivity index (χ3v) is 33.8. The lowest BCUT2D eigenvalue weighted by Gasteiger charge is -2.57. The molecule has 38 heteroatoms. The van der Waals surface area contributed by atoms with Crippen LogP contribution in [0.25, 0.3) is 54.5 Å². The fourth-order valence-electron chi connectivity index (χ4n) is 21.7. The summed E-state index contributed by atoms with van der Waals surface area (Å²) in [6, 6.07) is 17.8. The number of ether oxygens (including phenoxy) is 1. The third kappa shape index (κ3) is 24.0. The second kappa shape index (κ2) is 44.0. The number of fused-ring (bicyclic) bond motifs is 5. The zero-order chi connectivity index (χ0) is 97.6. The molecule has 5 aromatic heterocycles. The molecule has 0 radical (unpaired) electrons. The lowest BCUT2D eigenvalue weighted by molar-refractivity contribution is -0.135. The van der Waals surface area contributed by atoms with Crippen molar-refractivity contribution < 1.29 is 67.5 Å². The van der Waals surface area contributed by atoms with E-state index in [9.17, 15) is 53.1 Å². The average Bonchev–Trinajstić information content (AvgIpc) is 0.893. The molecule has 6 amide bonds. The van der Waals surface area contributed by atoms with Crippen molar-refractivity contribution >= 4 is 146 Å². The molecule has 136 heavy (non-hydrogen) atoms. The van der Waals surface area contributed by atoms with Crippen molar-refractivity contribution in [2.75, 3.05) is 130 Å². The van der Waals surface area contributed by atoms with E-state index in [2.05, 4.69) is 141 Å². The number of likely N-dealkylation sites (N-methyl/N-ethyl adjacent to an activating group) is 1. The number of hydroxylamine groups is 2. The number of benzene rings is 5. The van der Waals surface area contributed by atoms with Crippen LogP contribution < -0.4 is 11.0 Å². The Balaban J connectivity index is 0.000000137. The molecule has 6 aliphatic heterocycles. The number of carbonyl (C=O) groups excluding carboxylic acids is 4. The Morgan fingerprint density at radius 2 is 0.772 bits per heavy atom. The maximum atomic E-state index is 12.6. The van der Waals surface area contributed by atoms with Crippen molar-refractivity contribution in [2.45, 2.75) is 189 Å². The predicted octanol–water partition coefficient (Wildman–Crippen LogP) is 16.4. The minimum absolute atomic E-state index is 0.170. The smallest absolute Gasteiger partial charge is 0.341 e. The summed E-state index contributed by atoms with van der Waals surface area (Å²) < 4.78 is 27.6. The van der Waals surface area contributed by atoms with Gasteiger partial charge in [-0.2, -0.15) is 25.5 Å². The molecule has 11 heterocycles. The molecule has 10 aromatic rings. The van der Waals surface area contributed by atoms with Gasteiger partial charge in [-0.3, -0.25) is 54.6 Å². The van der Waals surface area contributed by atoms with Gasteiger partial charge in [0.1, 0.15) is 0 Å². The number of H-pyrrole nitrogens is 5. The van der Waals surface area contributed by atoms with E-state index in [4.69, 9.17) is 72.4 Å². The van der Waals surface area contributed by atoms with Crippen LogP contribution in [0.1, 0.15) is 211 Å². The highest BCUT2D eigenvalue weighted by Crippen LogP contribution is 2.61. The van der Waals surface area contributed by atoms with Gasteiger partial charge in [0.15, 0.2) is 9.84 Å². The van der Waals surface area contributed by atoms with Crippen molar-refractivity contribution in [3.05, 3.63) is 145 Å². The Morgan fingerprint density at radius 1 is 0.456 bits per heavy atom. The fourth-order valence-corrected chi connectivity index (χ4v) is 25.0. The highest BCUT2D eigenvalue weighted by molar-refractivity contribution is 7.92. The lowest BCUT2D eigenvalue weighted by atomic mass is 9.58. The highest BCUT2D eigenvalue weighted by Gasteiger charge is 2.63. The number of aromatic nitrogens is 10. The first-order valence-electron chi connectivity index (χ1n) is 47.8. The summed E-state index contributed by atoms with van der Waals surface area (Å²) in [5.41, 5.74) is 10.2. The number of likely N-dealkylation sites (tertiary alicyclic amines) is 5. The van der Waals surface area contributed by atoms with Crippen LogP contribution in [0.2, 0.25) is 25.1 Å². The lowest BCUT2D eigenvalue weighted by Crippen LogP contribution is -2.62. The van der Waals surface area contributed by atoms with Gasteiger partial charge in [0.05, 0.1) is 133 Å². The number of methoxy groups -OCH3 is 1. The van der Waals surface area contributed by atoms with Crippen molar-refractivity contribution in [3.63, 3.8) is 0 Å². The molecule has 18 rings (SSSR count). The van der Waals surface area contributed by atoms with Crippen LogP contribution in [0, 0.1) is 56.7 Å². The first-order chi connectivity index (χ1) is 64.6. The molecule has 2 aliphatic carbocycles. The summed E-state index contributed by atoms with van der Waals surface area (Å²) in [6.45, 7) is 32.7. The zero-order valence-corrected chi connectivity index (χ0v) is 84.4. The van der Waals surface area contributed by atoms with Crippen LogP contribution in [-0.4, -0.2) is 268 Å². The van der Waals surface area contributed by atoms with Crippen LogP contribution >= 0.6 is 58.0 Å². The zero-order valence-electron chi connectivity index (χ0n) is 79.8. The highest BCUT2D eigenvalue weighted by atomic mass is 35.5. The normalized spacial score (nSPS) is 19.5. The Hall–Kier alpha value is -8.07. The minimum Gasteiger partial charge on any atom is -0.388 e. The Bertz CT molecular complexity index is 5730. The Kier molecular flexibility index (Phi) is 33.6. The number of piperidine rings is 4. The Labute approximate surface area is 820 Å². The summed E-state index contributed by atoms with van der Waals surface area (Å²) in [7, 11) is -1.30. The summed E-state index contributed by atoms with van der Waals surface area (Å²) >= 11 is 31.2. The SMILES string of the molecule is CC(C)(C1CCN(C(=O)CN2CCCC2)CC1)[C@H](O)c1cc(Cl)cc2cn[nH]c12.CC(C)(C1CCN(C(=O)NOCC2CC2)CC1)[C@H](O)c1cc(Cl)cc2cn[nH]c12.CCN(CC)CC(=O)N1CCC(C(C)(C)[C@H](O)c2cc(Cl)cc3cn[nH]c23)CC1.COCCONC(=O)N1CCC(C(C)(C)[C@H](O)c2cc(Cl)cc3cn[nH]c23)CC1.O=S1(=O)CC2(CC(O)(c3cc(Cl)cc4cn[nH]c34)C2)C1. The van der Waals surface area contributed by atoms with Gasteiger partial charge in [0.25, 0.3) is 0 Å². The second-order valence-corrected chi connectivity index (χ2v) is 45.4. The fraction of sp³-hybridized carbons (Fsp3) is 0.602. The molecule has 8 fully saturated rings. The molecule has 1 spiro atoms. The number of hydrogen-bond donors (Lipinski definition) is 12. The van der Waals surface area contributed by atoms with E-state index in [0.717, 1.165) is 180 Å². The Morgan fingerprint density at radius 3 is 1.10 bits per heavy atom. The maximum Gasteiger partial charge on any atom is 0.341 e. The van der Waals surface area contributed by atoms with Crippen molar-refractivity contribution in [2.24, 2.45) is 56.7 Å². The van der Waals surface area contributed by atoms with E-state index in [0.29, 0.717) is 120 Å². The van der Waals surface area contributed by atoms with E-state index in [-0.39, 0.29) is 68.9 Å². The number of hydrogen-bond acceptors (Lipinski definition) is 21. The minimum atomic E-state index is -2.88. The van der Waals surface area contributed by atoms with Crippen LogP contribution in [0.5, 0.6) is 0 Å². The number of aliphatic hydroxyl groups is 5. The van der Waals surface area contributed by atoms with Crippen LogP contribution in [-0.2, 0) is 39.4 Å². The number of urea groups is 2. The maximum absolute atomic E-state index is 12.6. The molecule has 742 valence electrons. The number of halogens is 5. The molecule has 0 unspecified atom stereocenters. The first-order valence-corrected chi connectivity index (χ1v) is 51.5. The number of sulfone groups is 1. The largest absolute Gasteiger partial charge is 0.388 e. The van der Waals surface area contributed by atoms with Gasteiger partial charge in [-0.05, 0) is 228 Å². The number of aliphatic hydroxyl groups excluding tert-OH is 4. The number of nitrogens with zero attached hydrogens (tertiary/aromatic N) is 11. The summed E-state index contributed by atoms with van der Waals surface area (Å²) in [5, 5.41) is 98.5. The molecule has 4 atom stereocenters. The van der Waals surface area contributed by atoms with E-state index >= 15 is 0 Å². The third-order valence-electron chi connectivity index (χ3n) is 30.6. The number of nitrogens with one attached hydrogen (secondary N) is 7. The number of rotatable bonds is 26. The molecular weight excluding hydrogens is 1860 g/mol.